The number of unbranched alkanes of at least 4 members (excludes halogenated alkanes) is 9. The van der Waals surface area contributed by atoms with Crippen LogP contribution in [0.25, 0.3) is 0 Å². The van der Waals surface area contributed by atoms with Gasteiger partial charge in [-0.25, -0.2) is 0 Å². The Kier molecular flexibility index (Phi) is 16.7. The molecule has 0 aliphatic carbocycles. The quantitative estimate of drug-likeness (QED) is 0.422. The van der Waals surface area contributed by atoms with Crippen LogP contribution in [0.4, 0.5) is 0 Å². The monoisotopic (exact) mass is 283 g/mol. The van der Waals surface area contributed by atoms with Gasteiger partial charge in [0.2, 0.25) is 0 Å². The second kappa shape index (κ2) is 14.9. The number of rotatable bonds is 10. The van der Waals surface area contributed by atoms with Crippen LogP contribution in [-0.2, 0) is 10.4 Å². The maximum Gasteiger partial charge on any atom is 0.394 e. The van der Waals surface area contributed by atoms with E-state index in [1.807, 2.05) is 0 Å². The van der Waals surface area contributed by atoms with Crippen LogP contribution >= 0.6 is 0 Å². The highest BCUT2D eigenvalue weighted by molar-refractivity contribution is 7.79. The predicted molar refractivity (Wildman–Crippen MR) is 75.1 cm³/mol. The van der Waals surface area contributed by atoms with Crippen LogP contribution in [0.1, 0.15) is 71.1 Å². The molecule has 0 bridgehead atoms. The fraction of sp³-hybridized carbons (Fsp3) is 1.00. The lowest BCUT2D eigenvalue weighted by Crippen LogP contribution is -1.97. The zero-order valence-corrected chi connectivity index (χ0v) is 12.3. The van der Waals surface area contributed by atoms with E-state index in [0.29, 0.717) is 0 Å². The van der Waals surface area contributed by atoms with Crippen LogP contribution in [0.5, 0.6) is 0 Å². The Hall–Kier alpha value is -0.170. The maximum atomic E-state index is 8.74. The van der Waals surface area contributed by atoms with E-state index in [0.717, 1.165) is 6.54 Å². The lowest BCUT2D eigenvalue weighted by Gasteiger charge is -2.00. The number of hydrogen-bond donors (Lipinski definition) is 3. The van der Waals surface area contributed by atoms with Crippen molar-refractivity contribution in [1.82, 2.24) is 0 Å². The Morgan fingerprint density at radius 1 is 0.778 bits per heavy atom. The van der Waals surface area contributed by atoms with Crippen LogP contribution in [0.3, 0.4) is 0 Å². The number of hydrogen-bond acceptors (Lipinski definition) is 3. The summed E-state index contributed by atoms with van der Waals surface area (Å²) in [6.45, 7) is 3.14. The van der Waals surface area contributed by atoms with Crippen molar-refractivity contribution in [1.29, 1.82) is 0 Å². The Balaban J connectivity index is 0. The number of nitrogens with two attached hydrogens (primary N) is 1. The van der Waals surface area contributed by atoms with Gasteiger partial charge >= 0.3 is 10.4 Å². The van der Waals surface area contributed by atoms with Gasteiger partial charge in [-0.15, -0.1) is 0 Å². The van der Waals surface area contributed by atoms with Gasteiger partial charge in [-0.1, -0.05) is 64.7 Å². The van der Waals surface area contributed by atoms with Gasteiger partial charge in [0.15, 0.2) is 0 Å². The van der Waals surface area contributed by atoms with Crippen LogP contribution < -0.4 is 5.73 Å². The van der Waals surface area contributed by atoms with Crippen molar-refractivity contribution in [2.24, 2.45) is 5.73 Å². The molecule has 0 unspecified atom stereocenters. The van der Waals surface area contributed by atoms with Crippen molar-refractivity contribution >= 4 is 10.4 Å². The van der Waals surface area contributed by atoms with Crippen molar-refractivity contribution in [2.75, 3.05) is 6.54 Å². The van der Waals surface area contributed by atoms with Crippen LogP contribution in [0, 0.1) is 0 Å². The van der Waals surface area contributed by atoms with Gasteiger partial charge < -0.3 is 5.73 Å². The molecular weight excluding hydrogens is 254 g/mol. The first-order valence-corrected chi connectivity index (χ1v) is 8.21. The van der Waals surface area contributed by atoms with E-state index in [1.165, 1.54) is 64.2 Å². The van der Waals surface area contributed by atoms with Crippen molar-refractivity contribution in [3.8, 4) is 0 Å². The molecule has 0 spiro atoms. The minimum absolute atomic E-state index is 0.872. The summed E-state index contributed by atoms with van der Waals surface area (Å²) >= 11 is 0. The summed E-state index contributed by atoms with van der Waals surface area (Å²) in [5, 5.41) is 0. The third kappa shape index (κ3) is 36.0. The Bertz CT molecular complexity index is 224. The average molecular weight is 283 g/mol. The van der Waals surface area contributed by atoms with E-state index in [4.69, 9.17) is 23.3 Å². The largest absolute Gasteiger partial charge is 0.394 e. The second-order valence-electron chi connectivity index (χ2n) is 4.42. The predicted octanol–water partition coefficient (Wildman–Crippen LogP) is 3.21. The van der Waals surface area contributed by atoms with E-state index in [-0.39, 0.29) is 0 Å². The van der Waals surface area contributed by atoms with Crippen molar-refractivity contribution < 1.29 is 17.5 Å². The molecule has 112 valence electrons. The molecular formula is C12H29NO4S. The highest BCUT2D eigenvalue weighted by atomic mass is 32.3. The Labute approximate surface area is 112 Å². The summed E-state index contributed by atoms with van der Waals surface area (Å²) in [7, 11) is -4.67. The summed E-state index contributed by atoms with van der Waals surface area (Å²) in [4.78, 5) is 0. The summed E-state index contributed by atoms with van der Waals surface area (Å²) < 4.78 is 31.6. The Morgan fingerprint density at radius 3 is 1.33 bits per heavy atom. The molecule has 0 fully saturated rings. The van der Waals surface area contributed by atoms with E-state index >= 15 is 0 Å². The summed E-state index contributed by atoms with van der Waals surface area (Å²) in [6.07, 6.45) is 13.9. The lowest BCUT2D eigenvalue weighted by molar-refractivity contribution is 0.381. The van der Waals surface area contributed by atoms with E-state index in [1.54, 1.807) is 0 Å². The first-order chi connectivity index (χ1) is 8.41. The SMILES string of the molecule is CCCCCCCCCCCCN.O=S(=O)(O)O. The fourth-order valence-electron chi connectivity index (χ4n) is 1.63. The third-order valence-corrected chi connectivity index (χ3v) is 2.56. The van der Waals surface area contributed by atoms with E-state index < -0.39 is 10.4 Å². The van der Waals surface area contributed by atoms with E-state index in [2.05, 4.69) is 6.92 Å². The second-order valence-corrected chi connectivity index (χ2v) is 5.31. The smallest absolute Gasteiger partial charge is 0.330 e. The molecule has 0 aromatic carbocycles. The molecule has 0 aromatic rings. The molecule has 0 saturated heterocycles. The van der Waals surface area contributed by atoms with Crippen LogP contribution in [0.2, 0.25) is 0 Å². The Morgan fingerprint density at radius 2 is 1.06 bits per heavy atom. The zero-order valence-electron chi connectivity index (χ0n) is 11.5. The minimum Gasteiger partial charge on any atom is -0.330 e. The molecule has 0 saturated carbocycles. The van der Waals surface area contributed by atoms with Gasteiger partial charge in [-0.2, -0.15) is 8.42 Å². The molecule has 0 heterocycles. The first-order valence-electron chi connectivity index (χ1n) is 6.81. The topological polar surface area (TPSA) is 101 Å². The molecule has 0 amide bonds. The van der Waals surface area contributed by atoms with E-state index in [9.17, 15) is 0 Å². The van der Waals surface area contributed by atoms with Gasteiger partial charge in [-0.05, 0) is 13.0 Å². The molecule has 4 N–H and O–H groups in total. The third-order valence-electron chi connectivity index (χ3n) is 2.56. The minimum atomic E-state index is -4.67. The molecule has 0 atom stereocenters. The molecule has 0 aromatic heterocycles. The maximum absolute atomic E-state index is 8.74. The van der Waals surface area contributed by atoms with Crippen LogP contribution in [-0.4, -0.2) is 24.1 Å². The fourth-order valence-corrected chi connectivity index (χ4v) is 1.63. The molecule has 0 aliphatic rings. The zero-order chi connectivity index (χ0) is 14.3. The summed E-state index contributed by atoms with van der Waals surface area (Å²) in [5.41, 5.74) is 5.42. The highest BCUT2D eigenvalue weighted by Crippen LogP contribution is 2.09. The van der Waals surface area contributed by atoms with Crippen molar-refractivity contribution in [3.63, 3.8) is 0 Å². The van der Waals surface area contributed by atoms with Crippen molar-refractivity contribution in [3.05, 3.63) is 0 Å². The molecule has 0 radical (unpaired) electrons. The summed E-state index contributed by atoms with van der Waals surface area (Å²) in [5.74, 6) is 0. The van der Waals surface area contributed by atoms with Crippen LogP contribution in [0.15, 0.2) is 0 Å². The molecule has 5 nitrogen and oxygen atoms in total. The first kappa shape index (κ1) is 20.2. The van der Waals surface area contributed by atoms with Gasteiger partial charge in [0.25, 0.3) is 0 Å². The van der Waals surface area contributed by atoms with Gasteiger partial charge in [0.05, 0.1) is 0 Å². The molecule has 18 heavy (non-hydrogen) atoms. The lowest BCUT2D eigenvalue weighted by atomic mass is 10.1. The summed E-state index contributed by atoms with van der Waals surface area (Å²) in [6, 6.07) is 0. The molecule has 0 aliphatic heterocycles. The van der Waals surface area contributed by atoms with Gasteiger partial charge in [0, 0.05) is 0 Å². The van der Waals surface area contributed by atoms with Crippen molar-refractivity contribution in [2.45, 2.75) is 71.1 Å². The average Bonchev–Trinajstić information content (AvgIpc) is 2.25. The normalized spacial score (nSPS) is 10.9. The standard InChI is InChI=1S/C12H27N.H2O4S/c1-2-3-4-5-6-7-8-9-10-11-12-13;1-5(2,3)4/h2-13H2,1H3;(H2,1,2,3,4). The van der Waals surface area contributed by atoms with Gasteiger partial charge in [0.1, 0.15) is 0 Å². The molecule has 6 heteroatoms. The molecule has 0 rings (SSSR count). The van der Waals surface area contributed by atoms with Gasteiger partial charge in [-0.3, -0.25) is 9.11 Å². The highest BCUT2D eigenvalue weighted by Gasteiger charge is 1.91.